The molecule has 0 atom stereocenters. The van der Waals surface area contributed by atoms with Crippen LogP contribution in [0, 0.1) is 0 Å². The zero-order valence-corrected chi connectivity index (χ0v) is 50.2. The molecule has 0 saturated carbocycles. The SMILES string of the molecule is NCCCOc1ccc(-n2cc(-c3ccc4ccc(-c5cn(-c6cc(OCCCN)c(OCCCN)c(OCCCN)c6)nn5)cc4c3)nn2)cc1OCCCN.O=C(O)C(F)(F)F.O=C(O)C(F)(F)F.O=C(O)C(F)(F)F.O=C(O)C(F)(F)F.O=C(O)C(F)(F)F.O=C(O)C(F)(F)F. The summed E-state index contributed by atoms with van der Waals surface area (Å²) in [5.41, 5.74) is 33.3. The predicted molar refractivity (Wildman–Crippen MR) is 303 cm³/mol. The molecule has 0 radical (unpaired) electrons. The molecule has 0 unspecified atom stereocenters. The Hall–Kier alpha value is -10.2. The molecule has 2 aromatic heterocycles. The van der Waals surface area contributed by atoms with E-state index in [4.69, 9.17) is 112 Å². The molecule has 46 heteroatoms. The molecule has 0 saturated heterocycles. The van der Waals surface area contributed by atoms with Gasteiger partial charge in [0.2, 0.25) is 5.75 Å². The van der Waals surface area contributed by atoms with Gasteiger partial charge in [0, 0.05) is 29.3 Å². The van der Waals surface area contributed by atoms with E-state index in [0.717, 1.165) is 40.4 Å². The number of hydrogen-bond acceptors (Lipinski definition) is 20. The van der Waals surface area contributed by atoms with Crippen LogP contribution in [-0.2, 0) is 28.8 Å². The number of rotatable bonds is 24. The minimum Gasteiger partial charge on any atom is -0.490 e. The smallest absolute Gasteiger partial charge is 0.490 e. The van der Waals surface area contributed by atoms with Gasteiger partial charge in [-0.15, -0.1) is 10.2 Å². The maximum atomic E-state index is 10.6. The van der Waals surface area contributed by atoms with E-state index >= 15 is 0 Å². The number of carbonyl (C=O) groups is 6. The van der Waals surface area contributed by atoms with E-state index in [1.165, 1.54) is 0 Å². The highest BCUT2D eigenvalue weighted by atomic mass is 19.4. The van der Waals surface area contributed by atoms with Gasteiger partial charge < -0.3 is 83.0 Å². The van der Waals surface area contributed by atoms with Crippen molar-refractivity contribution < 1.29 is 162 Å². The average Bonchev–Trinajstić information content (AvgIpc) is 1.75. The van der Waals surface area contributed by atoms with Gasteiger partial charge in [0.1, 0.15) is 11.4 Å². The lowest BCUT2D eigenvalue weighted by Crippen LogP contribution is -2.21. The number of nitrogens with two attached hydrogens (primary N) is 5. The van der Waals surface area contributed by atoms with Crippen LogP contribution in [0.3, 0.4) is 0 Å². The molecule has 16 N–H and O–H groups in total. The number of benzene rings is 4. The lowest BCUT2D eigenvalue weighted by molar-refractivity contribution is -0.193. The van der Waals surface area contributed by atoms with Crippen LogP contribution in [0.2, 0.25) is 0 Å². The number of nitrogens with zero attached hydrogens (tertiary/aromatic N) is 6. The van der Waals surface area contributed by atoms with Crippen molar-refractivity contribution in [3.05, 3.63) is 79.1 Å². The van der Waals surface area contributed by atoms with Gasteiger partial charge >= 0.3 is 72.9 Å². The fourth-order valence-corrected chi connectivity index (χ4v) is 5.85. The van der Waals surface area contributed by atoms with E-state index < -0.39 is 72.9 Å². The van der Waals surface area contributed by atoms with Crippen molar-refractivity contribution in [2.75, 3.05) is 65.8 Å². The summed E-state index contributed by atoms with van der Waals surface area (Å²) in [4.78, 5) is 53.4. The maximum Gasteiger partial charge on any atom is 0.490 e. The zero-order chi connectivity index (χ0) is 76.3. The number of carboxylic acid groups (broad SMARTS) is 6. The first kappa shape index (κ1) is 88.8. The number of hydrogen-bond donors (Lipinski definition) is 11. The number of carboxylic acids is 6. The monoisotopic (exact) mass is 1460 g/mol. The molecule has 0 amide bonds. The van der Waals surface area contributed by atoms with Crippen molar-refractivity contribution >= 4 is 46.6 Å². The molecule has 99 heavy (non-hydrogen) atoms. The second-order valence-electron chi connectivity index (χ2n) is 18.0. The van der Waals surface area contributed by atoms with Gasteiger partial charge in [-0.05, 0) is 99.9 Å². The molecule has 554 valence electrons. The molecular weight excluding hydrogens is 1400 g/mol. The van der Waals surface area contributed by atoms with E-state index in [2.05, 4.69) is 44.9 Å². The van der Waals surface area contributed by atoms with Crippen LogP contribution in [-0.4, -0.2) is 199 Å². The van der Waals surface area contributed by atoms with Gasteiger partial charge in [0.25, 0.3) is 0 Å². The first-order valence-corrected chi connectivity index (χ1v) is 26.9. The van der Waals surface area contributed by atoms with Crippen LogP contribution in [0.4, 0.5) is 79.0 Å². The fraction of sp³-hybridized carbons (Fsp3) is 0.396. The van der Waals surface area contributed by atoms with Crippen LogP contribution in [0.15, 0.2) is 79.1 Å². The number of halogens is 18. The largest absolute Gasteiger partial charge is 0.490 e. The second kappa shape index (κ2) is 41.8. The van der Waals surface area contributed by atoms with Crippen LogP contribution in [0.1, 0.15) is 32.1 Å². The van der Waals surface area contributed by atoms with E-state index in [1.54, 1.807) is 9.36 Å². The topological polar surface area (TPSA) is 461 Å². The Kier molecular flexibility index (Phi) is 37.5. The van der Waals surface area contributed by atoms with Crippen molar-refractivity contribution in [3.63, 3.8) is 0 Å². The Morgan fingerprint density at radius 2 is 0.606 bits per heavy atom. The molecule has 0 aliphatic carbocycles. The standard InChI is InChI=1S/C41H53N11O5.6C2HF3O2/c42-12-1-17-53-37-11-10-33(24-38(37)54-18-2-13-43)51-27-35(47-49-51)30-8-6-29-7-9-31(23-32(29)22-30)36-28-52(50-48-36)34-25-39(55-19-3-14-44)41(57-21-5-16-46)40(26-34)56-20-4-15-45;6*3-2(4,5)1(6)7/h6-11,22-28H,1-5,12-21,42-46H2;6*(H,6,7). The zero-order valence-electron chi connectivity index (χ0n) is 50.2. The molecule has 2 heterocycles. The summed E-state index contributed by atoms with van der Waals surface area (Å²) < 4.78 is 224. The summed E-state index contributed by atoms with van der Waals surface area (Å²) in [5.74, 6) is -13.7. The van der Waals surface area contributed by atoms with Gasteiger partial charge in [-0.1, -0.05) is 34.7 Å². The van der Waals surface area contributed by atoms with Crippen LogP contribution in [0.25, 0.3) is 44.7 Å². The highest BCUT2D eigenvalue weighted by Crippen LogP contribution is 2.41. The molecule has 28 nitrogen and oxygen atoms in total. The fourth-order valence-electron chi connectivity index (χ4n) is 5.85. The molecule has 0 fully saturated rings. The summed E-state index contributed by atoms with van der Waals surface area (Å²) >= 11 is 0. The van der Waals surface area contributed by atoms with Gasteiger partial charge in [-0.2, -0.15) is 79.0 Å². The third-order valence-corrected chi connectivity index (χ3v) is 10.4. The molecule has 4 aromatic carbocycles. The highest BCUT2D eigenvalue weighted by molar-refractivity contribution is 5.90. The number of aromatic nitrogens is 6. The first-order chi connectivity index (χ1) is 45.7. The Labute approximate surface area is 543 Å². The van der Waals surface area contributed by atoms with E-state index in [1.807, 2.05) is 54.9 Å². The number of aliphatic carboxylic acids is 6. The van der Waals surface area contributed by atoms with Crippen LogP contribution >= 0.6 is 0 Å². The quantitative estimate of drug-likeness (QED) is 0.0203. The van der Waals surface area contributed by atoms with Crippen molar-refractivity contribution in [1.29, 1.82) is 0 Å². The lowest BCUT2D eigenvalue weighted by Gasteiger charge is -2.18. The third-order valence-electron chi connectivity index (χ3n) is 10.4. The molecule has 0 aliphatic rings. The van der Waals surface area contributed by atoms with Crippen LogP contribution in [0.5, 0.6) is 28.7 Å². The van der Waals surface area contributed by atoms with E-state index in [9.17, 15) is 79.0 Å². The molecule has 0 spiro atoms. The van der Waals surface area contributed by atoms with Crippen molar-refractivity contribution in [1.82, 2.24) is 30.0 Å². The lowest BCUT2D eigenvalue weighted by atomic mass is 10.0. The molecule has 0 aliphatic heterocycles. The highest BCUT2D eigenvalue weighted by Gasteiger charge is 2.41. The maximum absolute atomic E-state index is 10.6. The molecule has 6 aromatic rings. The summed E-state index contributed by atoms with van der Waals surface area (Å²) in [6, 6.07) is 21.8. The minimum atomic E-state index is -5.08. The van der Waals surface area contributed by atoms with Gasteiger partial charge in [-0.3, -0.25) is 0 Å². The molecular formula is C53H59F18N11O17. The Morgan fingerprint density at radius 1 is 0.343 bits per heavy atom. The van der Waals surface area contributed by atoms with Gasteiger partial charge in [0.15, 0.2) is 23.0 Å². The number of ether oxygens (including phenoxy) is 5. The second-order valence-corrected chi connectivity index (χ2v) is 18.0. The van der Waals surface area contributed by atoms with Gasteiger partial charge in [0.05, 0.1) is 56.8 Å². The van der Waals surface area contributed by atoms with Crippen LogP contribution < -0.4 is 52.4 Å². The number of alkyl halides is 18. The van der Waals surface area contributed by atoms with Crippen molar-refractivity contribution in [2.24, 2.45) is 28.7 Å². The average molecular weight is 1460 g/mol. The van der Waals surface area contributed by atoms with Crippen molar-refractivity contribution in [3.8, 4) is 62.6 Å². The van der Waals surface area contributed by atoms with Crippen molar-refractivity contribution in [2.45, 2.75) is 69.2 Å². The predicted octanol–water partition coefficient (Wildman–Crippen LogP) is 7.77. The summed E-state index contributed by atoms with van der Waals surface area (Å²) in [6.07, 6.45) is -23.2. The number of fused-ring (bicyclic) bond motifs is 1. The van der Waals surface area contributed by atoms with E-state index in [-0.39, 0.29) is 0 Å². The first-order valence-electron chi connectivity index (χ1n) is 26.9. The minimum absolute atomic E-state index is 0.414. The summed E-state index contributed by atoms with van der Waals surface area (Å²) in [6.45, 7) is 4.78. The normalized spacial score (nSPS) is 11.3. The van der Waals surface area contributed by atoms with E-state index in [0.29, 0.717) is 131 Å². The molecule has 6 rings (SSSR count). The van der Waals surface area contributed by atoms with Gasteiger partial charge in [-0.25, -0.2) is 38.1 Å². The molecule has 0 bridgehead atoms. The Morgan fingerprint density at radius 3 is 0.899 bits per heavy atom. The third kappa shape index (κ3) is 35.0. The Bertz CT molecular complexity index is 3280. The summed E-state index contributed by atoms with van der Waals surface area (Å²) in [7, 11) is 0. The summed E-state index contributed by atoms with van der Waals surface area (Å²) in [5, 5.41) is 62.8. The Balaban J connectivity index is 0.00000183.